The number of nitrogens with two attached hydrogens (primary N) is 1. The van der Waals surface area contributed by atoms with Crippen molar-refractivity contribution in [3.05, 3.63) is 30.4 Å². The first kappa shape index (κ1) is 13.2. The van der Waals surface area contributed by atoms with Crippen molar-refractivity contribution in [1.29, 1.82) is 0 Å². The summed E-state index contributed by atoms with van der Waals surface area (Å²) in [6, 6.07) is 3.68. The second-order valence-electron chi connectivity index (χ2n) is 5.45. The summed E-state index contributed by atoms with van der Waals surface area (Å²) in [5.41, 5.74) is 6.26. The molecular weight excluding hydrogens is 256 g/mol. The molecule has 1 aliphatic carbocycles. The van der Waals surface area contributed by atoms with Crippen LogP contribution < -0.4 is 5.73 Å². The lowest BCUT2D eigenvalue weighted by molar-refractivity contribution is -0.0222. The van der Waals surface area contributed by atoms with E-state index >= 15 is 0 Å². The molecule has 2 aromatic heterocycles. The average molecular weight is 274 g/mol. The van der Waals surface area contributed by atoms with Crippen molar-refractivity contribution in [2.75, 3.05) is 6.61 Å². The summed E-state index contributed by atoms with van der Waals surface area (Å²) in [6.45, 7) is 2.24. The molecule has 20 heavy (non-hydrogen) atoms. The Labute approximate surface area is 117 Å². The topological polar surface area (TPSA) is 87.1 Å². The van der Waals surface area contributed by atoms with Crippen molar-refractivity contribution in [2.45, 2.75) is 37.8 Å². The zero-order valence-corrected chi connectivity index (χ0v) is 11.5. The fraction of sp³-hybridized carbons (Fsp3) is 0.500. The molecule has 1 aliphatic rings. The van der Waals surface area contributed by atoms with E-state index in [2.05, 4.69) is 15.1 Å². The van der Waals surface area contributed by atoms with Gasteiger partial charge in [0.05, 0.1) is 18.3 Å². The minimum Gasteiger partial charge on any atom is -0.376 e. The second-order valence-corrected chi connectivity index (χ2v) is 5.45. The maximum Gasteiger partial charge on any atom is 0.259 e. The Bertz CT molecular complexity index is 564. The van der Waals surface area contributed by atoms with Gasteiger partial charge in [0.2, 0.25) is 0 Å². The van der Waals surface area contributed by atoms with Gasteiger partial charge in [0, 0.05) is 12.4 Å². The summed E-state index contributed by atoms with van der Waals surface area (Å²) in [6.07, 6.45) is 7.17. The number of hydrogen-bond donors (Lipinski definition) is 1. The Kier molecular flexibility index (Phi) is 3.50. The van der Waals surface area contributed by atoms with Crippen LogP contribution in [-0.2, 0) is 10.3 Å². The Morgan fingerprint density at radius 1 is 1.50 bits per heavy atom. The van der Waals surface area contributed by atoms with E-state index in [4.69, 9.17) is 15.0 Å². The van der Waals surface area contributed by atoms with Crippen LogP contribution in [0.15, 0.2) is 29.0 Å². The van der Waals surface area contributed by atoms with Crippen molar-refractivity contribution < 1.29 is 9.26 Å². The van der Waals surface area contributed by atoms with Crippen molar-refractivity contribution >= 4 is 0 Å². The maximum absolute atomic E-state index is 6.23. The number of hydrogen-bond acceptors (Lipinski definition) is 6. The lowest BCUT2D eigenvalue weighted by atomic mass is 9.95. The lowest BCUT2D eigenvalue weighted by Crippen LogP contribution is -2.41. The summed E-state index contributed by atoms with van der Waals surface area (Å²) >= 11 is 0. The molecule has 0 spiro atoms. The number of pyridine rings is 1. The van der Waals surface area contributed by atoms with Crippen molar-refractivity contribution in [2.24, 2.45) is 5.73 Å². The van der Waals surface area contributed by atoms with Crippen molar-refractivity contribution in [1.82, 2.24) is 15.1 Å². The molecule has 1 fully saturated rings. The molecular formula is C14H18N4O2. The molecule has 1 unspecified atom stereocenters. The smallest absolute Gasteiger partial charge is 0.259 e. The molecule has 6 heteroatoms. The predicted molar refractivity (Wildman–Crippen MR) is 72.7 cm³/mol. The van der Waals surface area contributed by atoms with E-state index in [0.717, 1.165) is 18.4 Å². The second kappa shape index (κ2) is 5.30. The number of nitrogens with zero attached hydrogens (tertiary/aromatic N) is 3. The number of rotatable bonds is 5. The zero-order valence-electron chi connectivity index (χ0n) is 11.5. The molecule has 0 radical (unpaired) electrons. The molecule has 1 saturated carbocycles. The monoisotopic (exact) mass is 274 g/mol. The molecule has 0 aliphatic heterocycles. The highest BCUT2D eigenvalue weighted by atomic mass is 16.5. The van der Waals surface area contributed by atoms with Gasteiger partial charge in [-0.25, -0.2) is 0 Å². The van der Waals surface area contributed by atoms with E-state index in [1.54, 1.807) is 12.4 Å². The van der Waals surface area contributed by atoms with Gasteiger partial charge in [0.15, 0.2) is 5.82 Å². The highest BCUT2D eigenvalue weighted by molar-refractivity contribution is 5.50. The van der Waals surface area contributed by atoms with Gasteiger partial charge in [-0.05, 0) is 38.3 Å². The Morgan fingerprint density at radius 3 is 3.00 bits per heavy atom. The van der Waals surface area contributed by atoms with Gasteiger partial charge < -0.3 is 15.0 Å². The third-order valence-electron chi connectivity index (χ3n) is 3.52. The highest BCUT2D eigenvalue weighted by Crippen LogP contribution is 2.25. The first-order chi connectivity index (χ1) is 9.65. The van der Waals surface area contributed by atoms with E-state index in [0.29, 0.717) is 24.4 Å². The Morgan fingerprint density at radius 2 is 2.35 bits per heavy atom. The minimum absolute atomic E-state index is 0.336. The normalized spacial score (nSPS) is 18.5. The van der Waals surface area contributed by atoms with E-state index in [1.165, 1.54) is 6.42 Å². The van der Waals surface area contributed by atoms with Crippen LogP contribution in [0.5, 0.6) is 0 Å². The van der Waals surface area contributed by atoms with E-state index in [1.807, 2.05) is 19.1 Å². The maximum atomic E-state index is 6.23. The quantitative estimate of drug-likeness (QED) is 0.895. The number of aromatic nitrogens is 3. The van der Waals surface area contributed by atoms with E-state index in [9.17, 15) is 0 Å². The SMILES string of the molecule is CC(N)(COC1CCC1)c1noc(-c2cccnc2)n1. The number of ether oxygens (including phenoxy) is 1. The molecule has 0 saturated heterocycles. The summed E-state index contributed by atoms with van der Waals surface area (Å²) in [5, 5.41) is 3.97. The summed E-state index contributed by atoms with van der Waals surface area (Å²) in [5.74, 6) is 0.879. The van der Waals surface area contributed by atoms with E-state index in [-0.39, 0.29) is 0 Å². The third kappa shape index (κ3) is 2.71. The van der Waals surface area contributed by atoms with Gasteiger partial charge in [0.1, 0.15) is 5.54 Å². The Balaban J connectivity index is 1.71. The summed E-state index contributed by atoms with van der Waals surface area (Å²) in [4.78, 5) is 8.38. The van der Waals surface area contributed by atoms with Crippen molar-refractivity contribution in [3.8, 4) is 11.5 Å². The van der Waals surface area contributed by atoms with Crippen LogP contribution in [0, 0.1) is 0 Å². The molecule has 0 aromatic carbocycles. The van der Waals surface area contributed by atoms with Crippen LogP contribution in [0.3, 0.4) is 0 Å². The molecule has 3 rings (SSSR count). The standard InChI is InChI=1S/C14H18N4O2/c1-14(15,9-19-11-5-2-6-11)13-17-12(20-18-13)10-4-3-7-16-8-10/h3-4,7-8,11H,2,5-6,9,15H2,1H3. The van der Waals surface area contributed by atoms with Crippen LogP contribution in [0.4, 0.5) is 0 Å². The minimum atomic E-state index is -0.750. The third-order valence-corrected chi connectivity index (χ3v) is 3.52. The van der Waals surface area contributed by atoms with Crippen molar-refractivity contribution in [3.63, 3.8) is 0 Å². The summed E-state index contributed by atoms with van der Waals surface area (Å²) in [7, 11) is 0. The largest absolute Gasteiger partial charge is 0.376 e. The van der Waals surface area contributed by atoms with Gasteiger partial charge in [0.25, 0.3) is 5.89 Å². The fourth-order valence-electron chi connectivity index (χ4n) is 1.95. The van der Waals surface area contributed by atoms with Crippen LogP contribution in [0.25, 0.3) is 11.5 Å². The molecule has 2 aromatic rings. The van der Waals surface area contributed by atoms with Crippen LogP contribution in [-0.4, -0.2) is 27.8 Å². The molecule has 106 valence electrons. The lowest BCUT2D eigenvalue weighted by Gasteiger charge is -2.29. The van der Waals surface area contributed by atoms with Gasteiger partial charge >= 0.3 is 0 Å². The highest BCUT2D eigenvalue weighted by Gasteiger charge is 2.30. The van der Waals surface area contributed by atoms with Gasteiger partial charge in [-0.15, -0.1) is 0 Å². The van der Waals surface area contributed by atoms with Gasteiger partial charge in [-0.2, -0.15) is 4.98 Å². The first-order valence-electron chi connectivity index (χ1n) is 6.80. The molecule has 1 atom stereocenters. The molecule has 2 heterocycles. The van der Waals surface area contributed by atoms with Crippen LogP contribution in [0.2, 0.25) is 0 Å². The van der Waals surface area contributed by atoms with Gasteiger partial charge in [-0.1, -0.05) is 5.16 Å². The first-order valence-corrected chi connectivity index (χ1v) is 6.80. The molecule has 6 nitrogen and oxygen atoms in total. The van der Waals surface area contributed by atoms with E-state index < -0.39 is 5.54 Å². The molecule has 0 bridgehead atoms. The molecule has 2 N–H and O–H groups in total. The van der Waals surface area contributed by atoms with Crippen LogP contribution in [0.1, 0.15) is 32.0 Å². The summed E-state index contributed by atoms with van der Waals surface area (Å²) < 4.78 is 11.0. The van der Waals surface area contributed by atoms with Crippen LogP contribution >= 0.6 is 0 Å². The zero-order chi connectivity index (χ0) is 14.0. The average Bonchev–Trinajstić information content (AvgIpc) is 2.88. The van der Waals surface area contributed by atoms with Gasteiger partial charge in [-0.3, -0.25) is 4.98 Å². The molecule has 0 amide bonds. The fourth-order valence-corrected chi connectivity index (χ4v) is 1.95. The Hall–Kier alpha value is -1.79. The predicted octanol–water partition coefficient (Wildman–Crippen LogP) is 1.87.